The minimum Gasteiger partial charge on any atom is -0.369 e. The van der Waals surface area contributed by atoms with Gasteiger partial charge in [0.25, 0.3) is 0 Å². The topological polar surface area (TPSA) is 24.1 Å². The third-order valence-corrected chi connectivity index (χ3v) is 6.78. The maximum absolute atomic E-state index is 4.01. The van der Waals surface area contributed by atoms with Crippen LogP contribution in [0.2, 0.25) is 0 Å². The van der Waals surface area contributed by atoms with Crippen LogP contribution in [0.1, 0.15) is 33.4 Å². The number of nitrogens with one attached hydrogen (secondary N) is 2. The minimum atomic E-state index is -0.437. The molecule has 2 N–H and O–H groups in total. The maximum Gasteiger partial charge on any atom is 0.122 e. The Kier molecular flexibility index (Phi) is 3.47. The summed E-state index contributed by atoms with van der Waals surface area (Å²) < 4.78 is 0. The van der Waals surface area contributed by atoms with E-state index in [2.05, 4.69) is 122 Å². The second-order valence-corrected chi connectivity index (χ2v) is 8.58. The molecule has 0 fully saturated rings. The van der Waals surface area contributed by atoms with Crippen LogP contribution < -0.4 is 10.6 Å². The molecule has 0 aliphatic carbocycles. The molecular weight excluding hydrogens is 364 g/mol. The van der Waals surface area contributed by atoms with Gasteiger partial charge in [-0.15, -0.1) is 0 Å². The van der Waals surface area contributed by atoms with Crippen molar-refractivity contribution in [3.05, 3.63) is 130 Å². The lowest BCUT2D eigenvalue weighted by molar-refractivity contribution is 0.439. The fraction of sp³-hybridized carbons (Fsp3) is 0.143. The number of benzene rings is 4. The molecule has 0 unspecified atom stereocenters. The number of hydrogen-bond donors (Lipinski definition) is 2. The van der Waals surface area contributed by atoms with Crippen molar-refractivity contribution in [1.29, 1.82) is 0 Å². The van der Waals surface area contributed by atoms with E-state index in [1.54, 1.807) is 0 Å². The Bertz CT molecular complexity index is 1160. The summed E-state index contributed by atoms with van der Waals surface area (Å²) in [5, 5.41) is 8.03. The number of anilines is 2. The average molecular weight is 389 g/mol. The van der Waals surface area contributed by atoms with Crippen LogP contribution in [0.3, 0.4) is 0 Å². The summed E-state index contributed by atoms with van der Waals surface area (Å²) in [5.41, 5.74) is 9.16. The Morgan fingerprint density at radius 2 is 0.900 bits per heavy atom. The van der Waals surface area contributed by atoms with E-state index < -0.39 is 11.1 Å². The van der Waals surface area contributed by atoms with Gasteiger partial charge in [-0.25, -0.2) is 0 Å². The van der Waals surface area contributed by atoms with Crippen molar-refractivity contribution >= 4 is 11.4 Å². The molecule has 0 saturated carbocycles. The molecule has 30 heavy (non-hydrogen) atoms. The number of aryl methyl sites for hydroxylation is 2. The van der Waals surface area contributed by atoms with Gasteiger partial charge in [-0.05, 0) is 37.1 Å². The zero-order valence-electron chi connectivity index (χ0n) is 17.2. The quantitative estimate of drug-likeness (QED) is 0.418. The first-order valence-electron chi connectivity index (χ1n) is 10.5. The second kappa shape index (κ2) is 5.99. The van der Waals surface area contributed by atoms with Crippen molar-refractivity contribution in [1.82, 2.24) is 0 Å². The van der Waals surface area contributed by atoms with Crippen LogP contribution in [-0.2, 0) is 11.1 Å². The third-order valence-electron chi connectivity index (χ3n) is 6.78. The zero-order chi connectivity index (χ0) is 20.3. The third kappa shape index (κ3) is 2.03. The highest BCUT2D eigenvalue weighted by Crippen LogP contribution is 2.64. The monoisotopic (exact) mass is 388 g/mol. The van der Waals surface area contributed by atoms with Crippen LogP contribution in [0.5, 0.6) is 0 Å². The van der Waals surface area contributed by atoms with E-state index in [4.69, 9.17) is 0 Å². The molecule has 0 spiro atoms. The molecule has 0 bridgehead atoms. The van der Waals surface area contributed by atoms with E-state index in [0.29, 0.717) is 0 Å². The molecule has 6 rings (SSSR count). The molecular formula is C28H24N2. The molecule has 0 radical (unpaired) electrons. The van der Waals surface area contributed by atoms with Crippen molar-refractivity contribution < 1.29 is 0 Å². The van der Waals surface area contributed by atoms with Crippen LogP contribution >= 0.6 is 0 Å². The highest BCUT2D eigenvalue weighted by atomic mass is 15.2. The fourth-order valence-corrected chi connectivity index (χ4v) is 5.55. The Morgan fingerprint density at radius 3 is 1.30 bits per heavy atom. The summed E-state index contributed by atoms with van der Waals surface area (Å²) in [6.07, 6.45) is 0. The molecule has 146 valence electrons. The van der Waals surface area contributed by atoms with Gasteiger partial charge in [0.15, 0.2) is 0 Å². The first kappa shape index (κ1) is 17.3. The van der Waals surface area contributed by atoms with Crippen LogP contribution in [0, 0.1) is 13.8 Å². The van der Waals surface area contributed by atoms with E-state index in [-0.39, 0.29) is 0 Å². The second-order valence-electron chi connectivity index (χ2n) is 8.58. The fourth-order valence-electron chi connectivity index (χ4n) is 5.55. The van der Waals surface area contributed by atoms with Gasteiger partial charge in [-0.3, -0.25) is 0 Å². The van der Waals surface area contributed by atoms with E-state index >= 15 is 0 Å². The van der Waals surface area contributed by atoms with Gasteiger partial charge in [0, 0.05) is 22.5 Å². The van der Waals surface area contributed by atoms with E-state index in [1.807, 2.05) is 0 Å². The van der Waals surface area contributed by atoms with Gasteiger partial charge in [-0.1, -0.05) is 96.1 Å². The number of hydrogen-bond acceptors (Lipinski definition) is 2. The SMILES string of the molecule is Cc1ccc2c(c1)[C@@]1(c3ccccc3)Nc3ccc(C)cc3[C@]1(c1ccccc1)N2. The Labute approximate surface area is 177 Å². The summed E-state index contributed by atoms with van der Waals surface area (Å²) in [4.78, 5) is 0. The van der Waals surface area contributed by atoms with Crippen LogP contribution in [0.4, 0.5) is 11.4 Å². The highest BCUT2D eigenvalue weighted by molar-refractivity contribution is 5.84. The lowest BCUT2D eigenvalue weighted by Crippen LogP contribution is -2.51. The summed E-state index contributed by atoms with van der Waals surface area (Å²) in [5.74, 6) is 0. The molecule has 2 heteroatoms. The predicted molar refractivity (Wildman–Crippen MR) is 124 cm³/mol. The summed E-state index contributed by atoms with van der Waals surface area (Å²) in [6.45, 7) is 4.35. The van der Waals surface area contributed by atoms with Crippen LogP contribution in [0.25, 0.3) is 0 Å². The molecule has 2 atom stereocenters. The molecule has 0 saturated heterocycles. The lowest BCUT2D eigenvalue weighted by Gasteiger charge is -2.42. The molecule has 2 aliphatic rings. The molecule has 2 nitrogen and oxygen atoms in total. The van der Waals surface area contributed by atoms with Crippen LogP contribution in [0.15, 0.2) is 97.1 Å². The molecule has 0 aromatic heterocycles. The van der Waals surface area contributed by atoms with Gasteiger partial charge in [0.05, 0.1) is 0 Å². The summed E-state index contributed by atoms with van der Waals surface area (Å²) in [7, 11) is 0. The smallest absolute Gasteiger partial charge is 0.122 e. The normalized spacial score (nSPS) is 23.1. The van der Waals surface area contributed by atoms with Gasteiger partial charge < -0.3 is 10.6 Å². The van der Waals surface area contributed by atoms with Crippen LogP contribution in [-0.4, -0.2) is 0 Å². The molecule has 2 heterocycles. The van der Waals surface area contributed by atoms with E-state index in [0.717, 1.165) is 0 Å². The minimum absolute atomic E-state index is 0.437. The average Bonchev–Trinajstić information content (AvgIpc) is 3.23. The zero-order valence-corrected chi connectivity index (χ0v) is 17.2. The molecule has 2 aliphatic heterocycles. The highest BCUT2D eigenvalue weighted by Gasteiger charge is 2.65. The van der Waals surface area contributed by atoms with Gasteiger partial charge >= 0.3 is 0 Å². The van der Waals surface area contributed by atoms with Crippen molar-refractivity contribution in [2.75, 3.05) is 10.6 Å². The maximum atomic E-state index is 4.01. The van der Waals surface area contributed by atoms with Gasteiger partial charge in [-0.2, -0.15) is 0 Å². The molecule has 4 aromatic rings. The standard InChI is InChI=1S/C28H24N2/c1-19-13-15-25-23(17-19)27(21-9-5-3-6-10-21)28(29-25,22-11-7-4-8-12-22)24-18-20(2)14-16-26(24)30-27/h3-18,29-30H,1-2H3/t27-,28+. The number of fused-ring (bicyclic) bond motifs is 5. The van der Waals surface area contributed by atoms with E-state index in [1.165, 1.54) is 44.8 Å². The summed E-state index contributed by atoms with van der Waals surface area (Å²) >= 11 is 0. The largest absolute Gasteiger partial charge is 0.369 e. The lowest BCUT2D eigenvalue weighted by atomic mass is 9.66. The Hall–Kier alpha value is -3.52. The van der Waals surface area contributed by atoms with Crippen molar-refractivity contribution in [3.63, 3.8) is 0 Å². The predicted octanol–water partition coefficient (Wildman–Crippen LogP) is 6.34. The Morgan fingerprint density at radius 1 is 0.500 bits per heavy atom. The molecule has 0 amide bonds. The molecule has 4 aromatic carbocycles. The van der Waals surface area contributed by atoms with Crippen molar-refractivity contribution in [2.24, 2.45) is 0 Å². The first-order valence-corrected chi connectivity index (χ1v) is 10.5. The van der Waals surface area contributed by atoms with Gasteiger partial charge in [0.1, 0.15) is 11.1 Å². The van der Waals surface area contributed by atoms with E-state index in [9.17, 15) is 0 Å². The van der Waals surface area contributed by atoms with Gasteiger partial charge in [0.2, 0.25) is 0 Å². The first-order chi connectivity index (χ1) is 14.6. The Balaban J connectivity index is 1.79. The summed E-state index contributed by atoms with van der Waals surface area (Å²) in [6, 6.07) is 35.3. The number of rotatable bonds is 2. The van der Waals surface area contributed by atoms with Crippen molar-refractivity contribution in [2.45, 2.75) is 24.9 Å². The van der Waals surface area contributed by atoms with Crippen molar-refractivity contribution in [3.8, 4) is 0 Å².